The van der Waals surface area contributed by atoms with Gasteiger partial charge in [0.15, 0.2) is 5.96 Å². The minimum absolute atomic E-state index is 0.301. The fraction of sp³-hybridized carbons (Fsp3) is 0.632. The van der Waals surface area contributed by atoms with Crippen molar-refractivity contribution < 1.29 is 0 Å². The molecule has 1 aromatic carbocycles. The van der Waals surface area contributed by atoms with E-state index >= 15 is 0 Å². The lowest BCUT2D eigenvalue weighted by Gasteiger charge is -2.24. The van der Waals surface area contributed by atoms with Gasteiger partial charge in [0.1, 0.15) is 0 Å². The van der Waals surface area contributed by atoms with E-state index < -0.39 is 0 Å². The SMILES string of the molecule is CCNC(=NCC(c1ccc(C)cc1)N(C)C)NC1CCCC1. The maximum absolute atomic E-state index is 4.85. The number of likely N-dealkylation sites (N-methyl/N-ethyl adjacent to an activating group) is 1. The summed E-state index contributed by atoms with van der Waals surface area (Å²) >= 11 is 0. The van der Waals surface area contributed by atoms with Crippen LogP contribution in [-0.2, 0) is 0 Å². The topological polar surface area (TPSA) is 39.7 Å². The molecule has 1 unspecified atom stereocenters. The van der Waals surface area contributed by atoms with E-state index in [1.807, 2.05) is 0 Å². The van der Waals surface area contributed by atoms with Crippen LogP contribution in [-0.4, -0.2) is 44.1 Å². The van der Waals surface area contributed by atoms with Gasteiger partial charge >= 0.3 is 0 Å². The van der Waals surface area contributed by atoms with Gasteiger partial charge in [0.2, 0.25) is 0 Å². The first-order chi connectivity index (χ1) is 11.1. The summed E-state index contributed by atoms with van der Waals surface area (Å²) in [6.45, 7) is 5.91. The Hall–Kier alpha value is -1.55. The van der Waals surface area contributed by atoms with Gasteiger partial charge in [-0.3, -0.25) is 4.99 Å². The highest BCUT2D eigenvalue weighted by Crippen LogP contribution is 2.20. The molecule has 1 fully saturated rings. The van der Waals surface area contributed by atoms with Crippen molar-refractivity contribution in [1.82, 2.24) is 15.5 Å². The van der Waals surface area contributed by atoms with Crippen LogP contribution < -0.4 is 10.6 Å². The molecule has 0 bridgehead atoms. The van der Waals surface area contributed by atoms with Crippen LogP contribution in [0, 0.1) is 6.92 Å². The van der Waals surface area contributed by atoms with Gasteiger partial charge in [-0.05, 0) is 46.3 Å². The standard InChI is InChI=1S/C19H32N4/c1-5-20-19(22-17-8-6-7-9-17)21-14-18(23(3)4)16-12-10-15(2)11-13-16/h10-13,17-18H,5-9,14H2,1-4H3,(H2,20,21,22). The number of hydrogen-bond acceptors (Lipinski definition) is 2. The Balaban J connectivity index is 2.05. The smallest absolute Gasteiger partial charge is 0.191 e. The van der Waals surface area contributed by atoms with Gasteiger partial charge in [0, 0.05) is 12.6 Å². The first-order valence-corrected chi connectivity index (χ1v) is 8.88. The fourth-order valence-corrected chi connectivity index (χ4v) is 3.12. The number of guanidine groups is 1. The minimum Gasteiger partial charge on any atom is -0.357 e. The summed E-state index contributed by atoms with van der Waals surface area (Å²) in [5.74, 6) is 0.957. The number of aryl methyl sites for hydroxylation is 1. The number of rotatable bonds is 6. The van der Waals surface area contributed by atoms with Gasteiger partial charge in [-0.25, -0.2) is 0 Å². The second-order valence-electron chi connectivity index (χ2n) is 6.74. The zero-order valence-corrected chi connectivity index (χ0v) is 15.1. The predicted molar refractivity (Wildman–Crippen MR) is 99.0 cm³/mol. The normalized spacial score (nSPS) is 17.5. The quantitative estimate of drug-likeness (QED) is 0.626. The van der Waals surface area contributed by atoms with Crippen LogP contribution >= 0.6 is 0 Å². The van der Waals surface area contributed by atoms with Gasteiger partial charge in [-0.15, -0.1) is 0 Å². The van der Waals surface area contributed by atoms with Crippen LogP contribution in [0.3, 0.4) is 0 Å². The second kappa shape index (κ2) is 8.92. The van der Waals surface area contributed by atoms with Crippen LogP contribution in [0.25, 0.3) is 0 Å². The highest BCUT2D eigenvalue weighted by molar-refractivity contribution is 5.80. The average Bonchev–Trinajstić information content (AvgIpc) is 3.02. The lowest BCUT2D eigenvalue weighted by Crippen LogP contribution is -2.42. The van der Waals surface area contributed by atoms with Crippen molar-refractivity contribution >= 4 is 5.96 Å². The summed E-state index contributed by atoms with van der Waals surface area (Å²) < 4.78 is 0. The number of hydrogen-bond donors (Lipinski definition) is 2. The maximum Gasteiger partial charge on any atom is 0.191 e. The molecule has 0 aliphatic heterocycles. The summed E-state index contributed by atoms with van der Waals surface area (Å²) in [7, 11) is 4.24. The van der Waals surface area contributed by atoms with E-state index in [4.69, 9.17) is 4.99 Å². The molecular formula is C19H32N4. The Labute approximate surface area is 141 Å². The van der Waals surface area contributed by atoms with E-state index in [1.165, 1.54) is 36.8 Å². The molecule has 1 aliphatic rings. The summed E-state index contributed by atoms with van der Waals surface area (Å²) in [5, 5.41) is 6.98. The molecule has 0 aromatic heterocycles. The van der Waals surface area contributed by atoms with E-state index in [-0.39, 0.29) is 0 Å². The lowest BCUT2D eigenvalue weighted by molar-refractivity contribution is 0.306. The number of benzene rings is 1. The van der Waals surface area contributed by atoms with Crippen molar-refractivity contribution in [1.29, 1.82) is 0 Å². The molecule has 4 heteroatoms. The van der Waals surface area contributed by atoms with Gasteiger partial charge < -0.3 is 15.5 Å². The lowest BCUT2D eigenvalue weighted by atomic mass is 10.0. The Morgan fingerprint density at radius 1 is 1.22 bits per heavy atom. The molecule has 4 nitrogen and oxygen atoms in total. The monoisotopic (exact) mass is 316 g/mol. The van der Waals surface area contributed by atoms with Crippen LogP contribution in [0.4, 0.5) is 0 Å². The third kappa shape index (κ3) is 5.54. The van der Waals surface area contributed by atoms with Gasteiger partial charge in [-0.1, -0.05) is 42.7 Å². The summed E-state index contributed by atoms with van der Waals surface area (Å²) in [6, 6.07) is 9.67. The van der Waals surface area contributed by atoms with Crippen molar-refractivity contribution in [2.45, 2.75) is 51.6 Å². The Morgan fingerprint density at radius 3 is 2.43 bits per heavy atom. The summed E-state index contributed by atoms with van der Waals surface area (Å²) in [6.07, 6.45) is 5.19. The molecule has 1 aliphatic carbocycles. The van der Waals surface area contributed by atoms with E-state index in [9.17, 15) is 0 Å². The third-order valence-electron chi connectivity index (χ3n) is 4.55. The highest BCUT2D eigenvalue weighted by atomic mass is 15.2. The molecule has 0 heterocycles. The van der Waals surface area contributed by atoms with Gasteiger partial charge in [0.25, 0.3) is 0 Å². The van der Waals surface area contributed by atoms with Crippen molar-refractivity contribution in [3.05, 3.63) is 35.4 Å². The summed E-state index contributed by atoms with van der Waals surface area (Å²) in [5.41, 5.74) is 2.62. The average molecular weight is 316 g/mol. The Bertz CT molecular complexity index is 487. The predicted octanol–water partition coefficient (Wildman–Crippen LogP) is 3.10. The van der Waals surface area contributed by atoms with Gasteiger partial charge in [0.05, 0.1) is 12.6 Å². The number of aliphatic imine (C=N–C) groups is 1. The minimum atomic E-state index is 0.301. The molecule has 1 atom stereocenters. The molecule has 23 heavy (non-hydrogen) atoms. The first-order valence-electron chi connectivity index (χ1n) is 8.88. The van der Waals surface area contributed by atoms with Crippen molar-refractivity contribution in [2.24, 2.45) is 4.99 Å². The fourth-order valence-electron chi connectivity index (χ4n) is 3.12. The van der Waals surface area contributed by atoms with E-state index in [1.54, 1.807) is 0 Å². The van der Waals surface area contributed by atoms with Crippen molar-refractivity contribution in [3.8, 4) is 0 Å². The zero-order valence-electron chi connectivity index (χ0n) is 15.1. The molecule has 1 aromatic rings. The Morgan fingerprint density at radius 2 is 1.87 bits per heavy atom. The van der Waals surface area contributed by atoms with Crippen LogP contribution in [0.15, 0.2) is 29.3 Å². The zero-order chi connectivity index (χ0) is 16.7. The maximum atomic E-state index is 4.85. The van der Waals surface area contributed by atoms with Gasteiger partial charge in [-0.2, -0.15) is 0 Å². The molecule has 1 saturated carbocycles. The van der Waals surface area contributed by atoms with E-state index in [0.717, 1.165) is 19.0 Å². The molecule has 2 rings (SSSR count). The molecular weight excluding hydrogens is 284 g/mol. The first kappa shape index (κ1) is 17.8. The van der Waals surface area contributed by atoms with Crippen LogP contribution in [0.1, 0.15) is 49.8 Å². The van der Waals surface area contributed by atoms with Crippen LogP contribution in [0.2, 0.25) is 0 Å². The molecule has 128 valence electrons. The van der Waals surface area contributed by atoms with Crippen molar-refractivity contribution in [2.75, 3.05) is 27.2 Å². The number of nitrogens with zero attached hydrogens (tertiary/aromatic N) is 2. The number of nitrogens with one attached hydrogen (secondary N) is 2. The molecule has 0 amide bonds. The molecule has 0 spiro atoms. The Kier molecular flexibility index (Phi) is 6.90. The highest BCUT2D eigenvalue weighted by Gasteiger charge is 2.17. The van der Waals surface area contributed by atoms with E-state index in [0.29, 0.717) is 12.1 Å². The van der Waals surface area contributed by atoms with E-state index in [2.05, 4.69) is 67.7 Å². The largest absolute Gasteiger partial charge is 0.357 e. The third-order valence-corrected chi connectivity index (χ3v) is 4.55. The summed E-state index contributed by atoms with van der Waals surface area (Å²) in [4.78, 5) is 7.09. The second-order valence-corrected chi connectivity index (χ2v) is 6.74. The molecule has 0 radical (unpaired) electrons. The van der Waals surface area contributed by atoms with Crippen molar-refractivity contribution in [3.63, 3.8) is 0 Å². The van der Waals surface area contributed by atoms with Crippen LogP contribution in [0.5, 0.6) is 0 Å². The molecule has 2 N–H and O–H groups in total. The molecule has 0 saturated heterocycles.